The maximum Gasteiger partial charge on any atom is 0.236 e. The number of nitrogens with one attached hydrogen (secondary N) is 1. The van der Waals surface area contributed by atoms with Gasteiger partial charge in [-0.05, 0) is 56.4 Å². The molecule has 9 heteroatoms. The lowest BCUT2D eigenvalue weighted by atomic mass is 9.91. The number of aryl methyl sites for hydroxylation is 1. The average Bonchev–Trinajstić information content (AvgIpc) is 2.88. The molecule has 1 aliphatic heterocycles. The molecule has 1 N–H and O–H groups in total. The summed E-state index contributed by atoms with van der Waals surface area (Å²) in [5.41, 5.74) is 1.97. The van der Waals surface area contributed by atoms with Crippen LogP contribution in [0.3, 0.4) is 0 Å². The molecule has 2 heterocycles. The molecule has 0 radical (unpaired) electrons. The lowest BCUT2D eigenvalue weighted by molar-refractivity contribution is -0.135. The molecule has 1 amide bonds. The Morgan fingerprint density at radius 3 is 2.61 bits per heavy atom. The Balaban J connectivity index is 1.33. The number of fused-ring (bicyclic) bond motifs is 1. The number of anilines is 2. The number of rotatable bonds is 6. The Morgan fingerprint density at radius 2 is 1.86 bits per heavy atom. The van der Waals surface area contributed by atoms with Crippen molar-refractivity contribution in [2.45, 2.75) is 44.8 Å². The summed E-state index contributed by atoms with van der Waals surface area (Å²) in [5.74, 6) is 1.56. The number of aromatic nitrogens is 2. The summed E-state index contributed by atoms with van der Waals surface area (Å²) in [6, 6.07) is 9.02. The monoisotopic (exact) mass is 493 g/mol. The molecule has 2 aromatic carbocycles. The van der Waals surface area contributed by atoms with E-state index < -0.39 is 0 Å². The molecular formula is C27H32FN5O3. The maximum absolute atomic E-state index is 14.4. The first-order chi connectivity index (χ1) is 17.4. The highest BCUT2D eigenvalue weighted by Crippen LogP contribution is 2.37. The fourth-order valence-corrected chi connectivity index (χ4v) is 5.07. The van der Waals surface area contributed by atoms with Gasteiger partial charge in [-0.15, -0.1) is 0 Å². The van der Waals surface area contributed by atoms with Crippen LogP contribution in [0.1, 0.15) is 31.2 Å². The molecular weight excluding hydrogens is 461 g/mol. The molecule has 190 valence electrons. The van der Waals surface area contributed by atoms with E-state index in [1.54, 1.807) is 24.1 Å². The zero-order valence-corrected chi connectivity index (χ0v) is 21.0. The van der Waals surface area contributed by atoms with Gasteiger partial charge in [0.25, 0.3) is 0 Å². The number of piperazine rings is 1. The van der Waals surface area contributed by atoms with Crippen molar-refractivity contribution >= 4 is 28.3 Å². The Bertz CT molecular complexity index is 1260. The number of hydrogen-bond donors (Lipinski definition) is 1. The van der Waals surface area contributed by atoms with Crippen molar-refractivity contribution in [1.29, 1.82) is 0 Å². The van der Waals surface area contributed by atoms with Crippen LogP contribution in [0, 0.1) is 12.7 Å². The topological polar surface area (TPSA) is 79.8 Å². The summed E-state index contributed by atoms with van der Waals surface area (Å²) in [4.78, 5) is 25.0. The molecule has 1 saturated carbocycles. The minimum absolute atomic E-state index is 0.0472. The summed E-state index contributed by atoms with van der Waals surface area (Å²) in [6.07, 6.45) is 5.27. The van der Waals surface area contributed by atoms with E-state index in [-0.39, 0.29) is 17.8 Å². The van der Waals surface area contributed by atoms with Crippen LogP contribution in [0.4, 0.5) is 15.9 Å². The third kappa shape index (κ3) is 5.06. The Labute approximate surface area is 210 Å². The molecule has 3 aromatic rings. The fourth-order valence-electron chi connectivity index (χ4n) is 5.07. The molecule has 2 aliphatic rings. The third-order valence-electron chi connectivity index (χ3n) is 7.24. The van der Waals surface area contributed by atoms with E-state index in [1.165, 1.54) is 12.4 Å². The van der Waals surface area contributed by atoms with Crippen molar-refractivity contribution in [2.24, 2.45) is 0 Å². The lowest BCUT2D eigenvalue weighted by Gasteiger charge is -2.40. The number of methoxy groups -OCH3 is 1. The first-order valence-corrected chi connectivity index (χ1v) is 12.4. The summed E-state index contributed by atoms with van der Waals surface area (Å²) in [6.45, 7) is 4.13. The zero-order valence-electron chi connectivity index (χ0n) is 21.0. The second-order valence-corrected chi connectivity index (χ2v) is 9.68. The van der Waals surface area contributed by atoms with E-state index in [0.29, 0.717) is 41.1 Å². The van der Waals surface area contributed by atoms with Gasteiger partial charge in [-0.3, -0.25) is 9.69 Å². The molecule has 0 atom stereocenters. The van der Waals surface area contributed by atoms with Crippen LogP contribution in [0.15, 0.2) is 36.7 Å². The highest BCUT2D eigenvalue weighted by molar-refractivity contribution is 5.93. The zero-order chi connectivity index (χ0) is 25.2. The van der Waals surface area contributed by atoms with Gasteiger partial charge in [-0.2, -0.15) is 0 Å². The lowest BCUT2D eigenvalue weighted by Crippen LogP contribution is -2.53. The second kappa shape index (κ2) is 10.3. The van der Waals surface area contributed by atoms with Gasteiger partial charge in [-0.1, -0.05) is 6.07 Å². The van der Waals surface area contributed by atoms with E-state index >= 15 is 0 Å². The van der Waals surface area contributed by atoms with Gasteiger partial charge >= 0.3 is 0 Å². The van der Waals surface area contributed by atoms with Crippen molar-refractivity contribution in [2.75, 3.05) is 39.1 Å². The quantitative estimate of drug-likeness (QED) is 0.549. The highest BCUT2D eigenvalue weighted by Gasteiger charge is 2.31. The summed E-state index contributed by atoms with van der Waals surface area (Å²) < 4.78 is 26.4. The molecule has 0 bridgehead atoms. The van der Waals surface area contributed by atoms with Crippen LogP contribution in [0.2, 0.25) is 0 Å². The van der Waals surface area contributed by atoms with Crippen molar-refractivity contribution in [3.05, 3.63) is 48.0 Å². The molecule has 0 unspecified atom stereocenters. The third-order valence-corrected chi connectivity index (χ3v) is 7.24. The molecule has 8 nitrogen and oxygen atoms in total. The molecule has 1 aliphatic carbocycles. The number of carbonyl (C=O) groups is 1. The number of halogens is 1. The minimum Gasteiger partial charge on any atom is -0.493 e. The van der Waals surface area contributed by atoms with E-state index in [1.807, 2.05) is 26.1 Å². The summed E-state index contributed by atoms with van der Waals surface area (Å²) >= 11 is 0. The maximum atomic E-state index is 14.4. The van der Waals surface area contributed by atoms with Gasteiger partial charge < -0.3 is 19.7 Å². The van der Waals surface area contributed by atoms with Crippen molar-refractivity contribution in [3.8, 4) is 11.5 Å². The molecule has 2 fully saturated rings. The van der Waals surface area contributed by atoms with E-state index in [2.05, 4.69) is 20.2 Å². The number of amides is 1. The van der Waals surface area contributed by atoms with E-state index in [0.717, 1.165) is 49.7 Å². The molecule has 1 aromatic heterocycles. The molecule has 36 heavy (non-hydrogen) atoms. The fraction of sp³-hybridized carbons (Fsp3) is 0.444. The van der Waals surface area contributed by atoms with Crippen LogP contribution in [0.5, 0.6) is 11.5 Å². The van der Waals surface area contributed by atoms with Crippen molar-refractivity contribution < 1.29 is 18.7 Å². The predicted molar refractivity (Wildman–Crippen MR) is 136 cm³/mol. The summed E-state index contributed by atoms with van der Waals surface area (Å²) in [7, 11) is 3.47. The minimum atomic E-state index is -0.351. The van der Waals surface area contributed by atoms with Crippen LogP contribution in [0.25, 0.3) is 10.9 Å². The number of hydrogen-bond acceptors (Lipinski definition) is 7. The number of likely N-dealkylation sites (N-methyl/N-ethyl adjacent to an activating group) is 1. The SMILES string of the molecule is COc1cc2ncnc(Nc3cc(C)ccc3F)c2cc1O[C@H]1CC[C@@H](N2CCN(C)C(=O)C2)CC1. The smallest absolute Gasteiger partial charge is 0.236 e. The molecule has 0 spiro atoms. The number of benzene rings is 2. The standard InChI is InChI=1S/C27H32FN5O3/c1-17-4-9-21(28)23(12-17)31-27-20-13-25(24(35-3)14-22(20)29-16-30-27)36-19-7-5-18(6-8-19)33-11-10-32(2)26(34)15-33/h4,9,12-14,16,18-19H,5-8,10-11,15H2,1-3H3,(H,29,30,31)/t18-,19+. The van der Waals surface area contributed by atoms with Crippen LogP contribution >= 0.6 is 0 Å². The van der Waals surface area contributed by atoms with Crippen molar-refractivity contribution in [1.82, 2.24) is 19.8 Å². The molecule has 5 rings (SSSR count). The van der Waals surface area contributed by atoms with Crippen LogP contribution in [-0.2, 0) is 4.79 Å². The second-order valence-electron chi connectivity index (χ2n) is 9.68. The number of carbonyl (C=O) groups excluding carboxylic acids is 1. The molecule has 1 saturated heterocycles. The highest BCUT2D eigenvalue weighted by atomic mass is 19.1. The van der Waals surface area contributed by atoms with Gasteiger partial charge in [0.05, 0.1) is 31.0 Å². The average molecular weight is 494 g/mol. The summed E-state index contributed by atoms with van der Waals surface area (Å²) in [5, 5.41) is 3.84. The van der Waals surface area contributed by atoms with Crippen LogP contribution < -0.4 is 14.8 Å². The van der Waals surface area contributed by atoms with Gasteiger partial charge in [0.2, 0.25) is 5.91 Å². The Kier molecular flexibility index (Phi) is 6.91. The van der Waals surface area contributed by atoms with Gasteiger partial charge in [0.15, 0.2) is 11.5 Å². The Hall–Kier alpha value is -3.46. The van der Waals surface area contributed by atoms with Crippen LogP contribution in [-0.4, -0.2) is 71.6 Å². The predicted octanol–water partition coefficient (Wildman–Crippen LogP) is 4.29. The van der Waals surface area contributed by atoms with Crippen molar-refractivity contribution in [3.63, 3.8) is 0 Å². The largest absolute Gasteiger partial charge is 0.493 e. The number of ether oxygens (including phenoxy) is 2. The van der Waals surface area contributed by atoms with E-state index in [4.69, 9.17) is 9.47 Å². The van der Waals surface area contributed by atoms with Gasteiger partial charge in [-0.25, -0.2) is 14.4 Å². The Morgan fingerprint density at radius 1 is 1.06 bits per heavy atom. The van der Waals surface area contributed by atoms with Gasteiger partial charge in [0.1, 0.15) is 18.0 Å². The first kappa shape index (κ1) is 24.2. The first-order valence-electron chi connectivity index (χ1n) is 12.4. The number of nitrogens with zero attached hydrogens (tertiary/aromatic N) is 4. The van der Waals surface area contributed by atoms with E-state index in [9.17, 15) is 9.18 Å². The normalized spacial score (nSPS) is 21.0. The van der Waals surface area contributed by atoms with Gasteiger partial charge in [0, 0.05) is 37.6 Å².